The molecule has 1 atom stereocenters. The molecule has 6 nitrogen and oxygen atoms in total. The maximum absolute atomic E-state index is 11.6. The number of carbonyl (C=O) groups excluding carboxylic acids is 1. The topological polar surface area (TPSA) is 79.9 Å². The van der Waals surface area contributed by atoms with E-state index in [0.717, 1.165) is 34.4 Å². The lowest BCUT2D eigenvalue weighted by Crippen LogP contribution is -2.23. The lowest BCUT2D eigenvalue weighted by atomic mass is 9.98. The zero-order chi connectivity index (χ0) is 19.5. The van der Waals surface area contributed by atoms with Crippen LogP contribution in [0.5, 0.6) is 5.88 Å². The average molecular weight is 395 g/mol. The highest BCUT2D eigenvalue weighted by atomic mass is 35.5. The quantitative estimate of drug-likeness (QED) is 0.689. The van der Waals surface area contributed by atoms with E-state index in [9.17, 15) is 4.79 Å². The van der Waals surface area contributed by atoms with Crippen molar-refractivity contribution in [2.24, 2.45) is 0 Å². The van der Waals surface area contributed by atoms with Gasteiger partial charge in [-0.25, -0.2) is 4.98 Å². The van der Waals surface area contributed by atoms with E-state index in [0.29, 0.717) is 17.3 Å². The molecule has 0 aliphatic carbocycles. The normalized spacial score (nSPS) is 16.9. The van der Waals surface area contributed by atoms with Gasteiger partial charge < -0.3 is 10.1 Å². The van der Waals surface area contributed by atoms with Crippen LogP contribution in [0.3, 0.4) is 0 Å². The lowest BCUT2D eigenvalue weighted by molar-refractivity contribution is -0.119. The van der Waals surface area contributed by atoms with Crippen molar-refractivity contribution in [3.8, 4) is 17.0 Å². The Balaban J connectivity index is 1.79. The Bertz CT molecular complexity index is 1010. The summed E-state index contributed by atoms with van der Waals surface area (Å²) in [4.78, 5) is 16.4. The first-order chi connectivity index (χ1) is 13.6. The number of ether oxygens (including phenoxy) is 1. The van der Waals surface area contributed by atoms with Crippen LogP contribution in [0.4, 0.5) is 0 Å². The Morgan fingerprint density at radius 3 is 2.71 bits per heavy atom. The monoisotopic (exact) mass is 394 g/mol. The van der Waals surface area contributed by atoms with Gasteiger partial charge in [0.05, 0.1) is 19.0 Å². The van der Waals surface area contributed by atoms with Crippen LogP contribution >= 0.6 is 11.6 Å². The van der Waals surface area contributed by atoms with Crippen LogP contribution in [0, 0.1) is 0 Å². The summed E-state index contributed by atoms with van der Waals surface area (Å²) in [6.45, 7) is 0. The zero-order valence-electron chi connectivity index (χ0n) is 15.3. The Hall–Kier alpha value is -3.12. The Morgan fingerprint density at radius 2 is 2.07 bits per heavy atom. The third-order valence-corrected chi connectivity index (χ3v) is 4.94. The second-order valence-electron chi connectivity index (χ2n) is 6.54. The molecule has 1 fully saturated rings. The lowest BCUT2D eigenvalue weighted by Gasteiger charge is -2.14. The second kappa shape index (κ2) is 7.86. The molecule has 0 spiro atoms. The summed E-state index contributed by atoms with van der Waals surface area (Å²) in [6.07, 6.45) is 6.87. The molecule has 1 aliphatic rings. The van der Waals surface area contributed by atoms with Crippen LogP contribution in [0.2, 0.25) is 5.02 Å². The molecule has 2 aromatic heterocycles. The molecule has 28 heavy (non-hydrogen) atoms. The standard InChI is InChI=1S/C21H19ClN4O2/c1-28-21-17(14-11-23-24-12-14)7-8-19(26-21)18(10-16-6-9-20(27)25-16)13-2-4-15(22)5-3-13/h2-5,7-8,10-12,16H,6,9H2,1H3,(H,23,24)(H,25,27)/t16-/m1/s1. The van der Waals surface area contributed by atoms with Crippen LogP contribution in [0.25, 0.3) is 16.7 Å². The van der Waals surface area contributed by atoms with Crippen LogP contribution in [-0.4, -0.2) is 34.2 Å². The number of H-pyrrole nitrogens is 1. The van der Waals surface area contributed by atoms with Gasteiger partial charge in [0.1, 0.15) is 0 Å². The van der Waals surface area contributed by atoms with Crippen molar-refractivity contribution in [1.29, 1.82) is 0 Å². The first kappa shape index (κ1) is 18.3. The molecule has 1 aromatic carbocycles. The number of hydrogen-bond acceptors (Lipinski definition) is 4. The van der Waals surface area contributed by atoms with Gasteiger partial charge in [-0.2, -0.15) is 5.10 Å². The predicted molar refractivity (Wildman–Crippen MR) is 108 cm³/mol. The van der Waals surface area contributed by atoms with E-state index in [-0.39, 0.29) is 11.9 Å². The number of nitrogens with one attached hydrogen (secondary N) is 2. The zero-order valence-corrected chi connectivity index (χ0v) is 16.0. The minimum absolute atomic E-state index is 0.0282. The van der Waals surface area contributed by atoms with E-state index >= 15 is 0 Å². The van der Waals surface area contributed by atoms with Crippen molar-refractivity contribution in [2.75, 3.05) is 7.11 Å². The number of benzene rings is 1. The first-order valence-electron chi connectivity index (χ1n) is 8.96. The molecule has 4 rings (SSSR count). The van der Waals surface area contributed by atoms with Crippen LogP contribution in [0.1, 0.15) is 24.1 Å². The molecular weight excluding hydrogens is 376 g/mol. The molecule has 142 valence electrons. The Kier molecular flexibility index (Phi) is 5.12. The number of nitrogens with zero attached hydrogens (tertiary/aromatic N) is 2. The molecule has 7 heteroatoms. The maximum atomic E-state index is 11.6. The van der Waals surface area contributed by atoms with Gasteiger partial charge in [0.25, 0.3) is 0 Å². The fraction of sp³-hybridized carbons (Fsp3) is 0.190. The summed E-state index contributed by atoms with van der Waals surface area (Å²) in [7, 11) is 1.60. The fourth-order valence-electron chi connectivity index (χ4n) is 3.29. The minimum atomic E-state index is -0.0282. The van der Waals surface area contributed by atoms with Crippen LogP contribution < -0.4 is 10.1 Å². The van der Waals surface area contributed by atoms with Crippen molar-refractivity contribution in [1.82, 2.24) is 20.5 Å². The molecule has 3 aromatic rings. The molecule has 3 heterocycles. The third kappa shape index (κ3) is 3.77. The number of amides is 1. The average Bonchev–Trinajstić information content (AvgIpc) is 3.38. The van der Waals surface area contributed by atoms with Crippen molar-refractivity contribution >= 4 is 23.1 Å². The van der Waals surface area contributed by atoms with Gasteiger partial charge in [-0.1, -0.05) is 29.8 Å². The van der Waals surface area contributed by atoms with Crippen LogP contribution in [0.15, 0.2) is 54.9 Å². The summed E-state index contributed by atoms with van der Waals surface area (Å²) in [6, 6.07) is 11.5. The van der Waals surface area contributed by atoms with Gasteiger partial charge in [-0.15, -0.1) is 0 Å². The number of halogens is 1. The summed E-state index contributed by atoms with van der Waals surface area (Å²) in [5, 5.41) is 10.4. The number of pyridine rings is 1. The highest BCUT2D eigenvalue weighted by Crippen LogP contribution is 2.32. The second-order valence-corrected chi connectivity index (χ2v) is 6.98. The number of methoxy groups -OCH3 is 1. The van der Waals surface area contributed by atoms with E-state index in [1.54, 1.807) is 19.5 Å². The number of carbonyl (C=O) groups is 1. The molecule has 1 amide bonds. The van der Waals surface area contributed by atoms with E-state index in [2.05, 4.69) is 15.5 Å². The van der Waals surface area contributed by atoms with Gasteiger partial charge in [0, 0.05) is 40.4 Å². The van der Waals surface area contributed by atoms with Gasteiger partial charge in [-0.3, -0.25) is 9.89 Å². The van der Waals surface area contributed by atoms with Crippen molar-refractivity contribution in [2.45, 2.75) is 18.9 Å². The van der Waals surface area contributed by atoms with Crippen molar-refractivity contribution in [3.05, 3.63) is 71.1 Å². The Morgan fingerprint density at radius 1 is 1.25 bits per heavy atom. The largest absolute Gasteiger partial charge is 0.481 e. The molecule has 2 N–H and O–H groups in total. The highest BCUT2D eigenvalue weighted by molar-refractivity contribution is 6.30. The number of aromatic amines is 1. The summed E-state index contributed by atoms with van der Waals surface area (Å²) in [5.41, 5.74) is 4.39. The summed E-state index contributed by atoms with van der Waals surface area (Å²) >= 11 is 6.06. The molecular formula is C21H19ClN4O2. The minimum Gasteiger partial charge on any atom is -0.481 e. The molecule has 0 radical (unpaired) electrons. The van der Waals surface area contributed by atoms with Gasteiger partial charge >= 0.3 is 0 Å². The van der Waals surface area contributed by atoms with Gasteiger partial charge in [0.2, 0.25) is 11.8 Å². The molecule has 0 saturated carbocycles. The predicted octanol–water partition coefficient (Wildman–Crippen LogP) is 3.84. The summed E-state index contributed by atoms with van der Waals surface area (Å²) in [5.74, 6) is 0.576. The molecule has 0 unspecified atom stereocenters. The Labute approximate surface area is 167 Å². The van der Waals surface area contributed by atoms with E-state index in [1.807, 2.05) is 42.5 Å². The van der Waals surface area contributed by atoms with Crippen molar-refractivity contribution in [3.63, 3.8) is 0 Å². The van der Waals surface area contributed by atoms with Crippen molar-refractivity contribution < 1.29 is 9.53 Å². The number of hydrogen-bond donors (Lipinski definition) is 2. The maximum Gasteiger partial charge on any atom is 0.221 e. The van der Waals surface area contributed by atoms with Gasteiger partial charge in [-0.05, 0) is 36.2 Å². The molecule has 0 bridgehead atoms. The third-order valence-electron chi connectivity index (χ3n) is 4.69. The molecule has 1 saturated heterocycles. The highest BCUT2D eigenvalue weighted by Gasteiger charge is 2.21. The molecule has 1 aliphatic heterocycles. The smallest absolute Gasteiger partial charge is 0.221 e. The van der Waals surface area contributed by atoms with E-state index < -0.39 is 0 Å². The SMILES string of the molecule is COc1nc(C(=C[C@H]2CCC(=O)N2)c2ccc(Cl)cc2)ccc1-c1cn[nH]c1. The van der Waals surface area contributed by atoms with Crippen LogP contribution in [-0.2, 0) is 4.79 Å². The first-order valence-corrected chi connectivity index (χ1v) is 9.33. The van der Waals surface area contributed by atoms with Gasteiger partial charge in [0.15, 0.2) is 0 Å². The number of rotatable bonds is 5. The van der Waals surface area contributed by atoms with E-state index in [4.69, 9.17) is 21.3 Å². The summed E-state index contributed by atoms with van der Waals surface area (Å²) < 4.78 is 5.53. The fourth-order valence-corrected chi connectivity index (χ4v) is 3.41. The number of aromatic nitrogens is 3. The van der Waals surface area contributed by atoms with E-state index in [1.165, 1.54) is 0 Å².